The summed E-state index contributed by atoms with van der Waals surface area (Å²) in [6.45, 7) is 4.32. The Labute approximate surface area is 117 Å². The molecule has 1 fully saturated rings. The summed E-state index contributed by atoms with van der Waals surface area (Å²) in [5.41, 5.74) is 5.57. The summed E-state index contributed by atoms with van der Waals surface area (Å²) in [5, 5.41) is 3.23. The van der Waals surface area contributed by atoms with Crippen LogP contribution in [0.25, 0.3) is 0 Å². The molecule has 6 nitrogen and oxygen atoms in total. The highest BCUT2D eigenvalue weighted by atomic mass is 16.5. The van der Waals surface area contributed by atoms with Crippen LogP contribution in [0.4, 0.5) is 0 Å². The van der Waals surface area contributed by atoms with Gasteiger partial charge in [-0.2, -0.15) is 0 Å². The average Bonchev–Trinajstić information content (AvgIpc) is 2.45. The van der Waals surface area contributed by atoms with Crippen LogP contribution in [0.3, 0.4) is 0 Å². The molecule has 108 valence electrons. The number of benzene rings is 1. The van der Waals surface area contributed by atoms with Gasteiger partial charge < -0.3 is 20.7 Å². The van der Waals surface area contributed by atoms with Gasteiger partial charge >= 0.3 is 0 Å². The number of piperazine rings is 1. The van der Waals surface area contributed by atoms with Gasteiger partial charge in [-0.15, -0.1) is 0 Å². The number of nitrogens with zero attached hydrogens (tertiary/aromatic N) is 1. The predicted molar refractivity (Wildman–Crippen MR) is 74.5 cm³/mol. The first kappa shape index (κ1) is 14.3. The molecule has 1 aliphatic heterocycles. The molecule has 1 saturated heterocycles. The second kappa shape index (κ2) is 6.38. The number of hydrogen-bond acceptors (Lipinski definition) is 4. The van der Waals surface area contributed by atoms with E-state index >= 15 is 0 Å². The molecule has 0 aromatic heterocycles. The van der Waals surface area contributed by atoms with Crippen molar-refractivity contribution in [2.24, 2.45) is 5.73 Å². The zero-order valence-electron chi connectivity index (χ0n) is 11.5. The summed E-state index contributed by atoms with van der Waals surface area (Å²) >= 11 is 0. The summed E-state index contributed by atoms with van der Waals surface area (Å²) in [5.74, 6) is 0.0337. The van der Waals surface area contributed by atoms with Gasteiger partial charge in [-0.25, -0.2) is 0 Å². The van der Waals surface area contributed by atoms with E-state index in [0.717, 1.165) is 13.1 Å². The Bertz CT molecular complexity index is 487. The lowest BCUT2D eigenvalue weighted by molar-refractivity contribution is -0.136. The second-order valence-electron chi connectivity index (χ2n) is 4.82. The summed E-state index contributed by atoms with van der Waals surface area (Å²) in [6.07, 6.45) is 0. The van der Waals surface area contributed by atoms with Crippen molar-refractivity contribution in [1.29, 1.82) is 0 Å². The maximum absolute atomic E-state index is 12.1. The lowest BCUT2D eigenvalue weighted by Gasteiger charge is -2.33. The zero-order chi connectivity index (χ0) is 14.5. The third kappa shape index (κ3) is 3.48. The molecule has 1 aromatic carbocycles. The summed E-state index contributed by atoms with van der Waals surface area (Å²) < 4.78 is 5.44. The molecule has 20 heavy (non-hydrogen) atoms. The van der Waals surface area contributed by atoms with E-state index in [0.29, 0.717) is 17.9 Å². The molecular formula is C14H19N3O3. The van der Waals surface area contributed by atoms with Crippen molar-refractivity contribution < 1.29 is 14.3 Å². The number of carbonyl (C=O) groups excluding carboxylic acids is 2. The van der Waals surface area contributed by atoms with Gasteiger partial charge in [0.25, 0.3) is 5.91 Å². The minimum Gasteiger partial charge on any atom is -0.484 e. The predicted octanol–water partition coefficient (Wildman–Crippen LogP) is -0.0154. The minimum atomic E-state index is -0.484. The number of carbonyl (C=O) groups is 2. The van der Waals surface area contributed by atoms with Crippen LogP contribution in [0.15, 0.2) is 24.3 Å². The molecule has 2 rings (SSSR count). The molecule has 2 amide bonds. The fourth-order valence-electron chi connectivity index (χ4n) is 2.15. The fraction of sp³-hybridized carbons (Fsp3) is 0.429. The highest BCUT2D eigenvalue weighted by molar-refractivity contribution is 5.92. The molecule has 1 atom stereocenters. The Morgan fingerprint density at radius 3 is 2.70 bits per heavy atom. The first-order valence-corrected chi connectivity index (χ1v) is 6.61. The van der Waals surface area contributed by atoms with Crippen LogP contribution in [0.1, 0.15) is 17.3 Å². The van der Waals surface area contributed by atoms with Crippen LogP contribution in [-0.4, -0.2) is 49.0 Å². The Morgan fingerprint density at radius 1 is 1.40 bits per heavy atom. The molecular weight excluding hydrogens is 258 g/mol. The van der Waals surface area contributed by atoms with Crippen LogP contribution >= 0.6 is 0 Å². The fourth-order valence-corrected chi connectivity index (χ4v) is 2.15. The summed E-state index contributed by atoms with van der Waals surface area (Å²) in [7, 11) is 0. The van der Waals surface area contributed by atoms with Crippen molar-refractivity contribution in [2.75, 3.05) is 26.2 Å². The van der Waals surface area contributed by atoms with Gasteiger partial charge in [-0.05, 0) is 31.2 Å². The van der Waals surface area contributed by atoms with Gasteiger partial charge in [0.1, 0.15) is 5.75 Å². The van der Waals surface area contributed by atoms with Gasteiger partial charge in [0.15, 0.2) is 6.61 Å². The number of rotatable bonds is 4. The van der Waals surface area contributed by atoms with Crippen molar-refractivity contribution in [3.05, 3.63) is 29.8 Å². The van der Waals surface area contributed by atoms with Crippen molar-refractivity contribution in [3.8, 4) is 5.75 Å². The molecule has 6 heteroatoms. The van der Waals surface area contributed by atoms with Crippen molar-refractivity contribution >= 4 is 11.8 Å². The highest BCUT2D eigenvalue weighted by Crippen LogP contribution is 2.12. The SMILES string of the molecule is C[C@@H]1CNCCN1C(=O)COc1ccc(C(N)=O)cc1. The minimum absolute atomic E-state index is 0.000256. The third-order valence-corrected chi connectivity index (χ3v) is 3.32. The van der Waals surface area contributed by atoms with E-state index in [9.17, 15) is 9.59 Å². The van der Waals surface area contributed by atoms with Crippen LogP contribution in [0.5, 0.6) is 5.75 Å². The van der Waals surface area contributed by atoms with Crippen LogP contribution < -0.4 is 15.8 Å². The van der Waals surface area contributed by atoms with E-state index in [4.69, 9.17) is 10.5 Å². The first-order valence-electron chi connectivity index (χ1n) is 6.61. The first-order chi connectivity index (χ1) is 9.58. The van der Waals surface area contributed by atoms with Crippen LogP contribution in [0.2, 0.25) is 0 Å². The molecule has 0 aliphatic carbocycles. The number of nitrogens with two attached hydrogens (primary N) is 1. The Hall–Kier alpha value is -2.08. The maximum Gasteiger partial charge on any atom is 0.260 e. The zero-order valence-corrected chi connectivity index (χ0v) is 11.5. The normalized spacial score (nSPS) is 18.6. The number of hydrogen-bond donors (Lipinski definition) is 2. The van der Waals surface area contributed by atoms with Crippen molar-refractivity contribution in [3.63, 3.8) is 0 Å². The second-order valence-corrected chi connectivity index (χ2v) is 4.82. The smallest absolute Gasteiger partial charge is 0.260 e. The molecule has 0 spiro atoms. The quantitative estimate of drug-likeness (QED) is 0.810. The average molecular weight is 277 g/mol. The Morgan fingerprint density at radius 2 is 2.10 bits per heavy atom. The van der Waals surface area contributed by atoms with E-state index < -0.39 is 5.91 Å². The van der Waals surface area contributed by atoms with E-state index in [-0.39, 0.29) is 18.6 Å². The topological polar surface area (TPSA) is 84.7 Å². The lowest BCUT2D eigenvalue weighted by Crippen LogP contribution is -2.53. The van der Waals surface area contributed by atoms with E-state index in [1.807, 2.05) is 11.8 Å². The molecule has 1 heterocycles. The molecule has 0 saturated carbocycles. The lowest BCUT2D eigenvalue weighted by atomic mass is 10.2. The standard InChI is InChI=1S/C14H19N3O3/c1-10-8-16-6-7-17(10)13(18)9-20-12-4-2-11(3-5-12)14(15)19/h2-5,10,16H,6-9H2,1H3,(H2,15,19)/t10-/m1/s1. The van der Waals surface area contributed by atoms with E-state index in [2.05, 4.69) is 5.32 Å². The number of amides is 2. The monoisotopic (exact) mass is 277 g/mol. The summed E-state index contributed by atoms with van der Waals surface area (Å²) in [6, 6.07) is 6.60. The number of ether oxygens (including phenoxy) is 1. The molecule has 1 aromatic rings. The Kier molecular flexibility index (Phi) is 4.57. The summed E-state index contributed by atoms with van der Waals surface area (Å²) in [4.78, 5) is 24.8. The Balaban J connectivity index is 1.88. The number of primary amides is 1. The van der Waals surface area contributed by atoms with Gasteiger partial charge in [0.05, 0.1) is 0 Å². The number of nitrogens with one attached hydrogen (secondary N) is 1. The van der Waals surface area contributed by atoms with Crippen LogP contribution in [0, 0.1) is 0 Å². The maximum atomic E-state index is 12.1. The largest absolute Gasteiger partial charge is 0.484 e. The van der Waals surface area contributed by atoms with Crippen molar-refractivity contribution in [2.45, 2.75) is 13.0 Å². The molecule has 0 unspecified atom stereocenters. The molecule has 0 bridgehead atoms. The van der Waals surface area contributed by atoms with Gasteiger partial charge in [0.2, 0.25) is 5.91 Å². The third-order valence-electron chi connectivity index (χ3n) is 3.32. The van der Waals surface area contributed by atoms with Gasteiger partial charge in [-0.1, -0.05) is 0 Å². The molecule has 1 aliphatic rings. The van der Waals surface area contributed by atoms with E-state index in [1.165, 1.54) is 0 Å². The van der Waals surface area contributed by atoms with Crippen LogP contribution in [-0.2, 0) is 4.79 Å². The van der Waals surface area contributed by atoms with E-state index in [1.54, 1.807) is 24.3 Å². The van der Waals surface area contributed by atoms with Crippen molar-refractivity contribution in [1.82, 2.24) is 10.2 Å². The van der Waals surface area contributed by atoms with Gasteiger partial charge in [0, 0.05) is 31.2 Å². The van der Waals surface area contributed by atoms with Gasteiger partial charge in [-0.3, -0.25) is 9.59 Å². The molecule has 0 radical (unpaired) electrons. The highest BCUT2D eigenvalue weighted by Gasteiger charge is 2.22. The molecule has 3 N–H and O–H groups in total.